The second kappa shape index (κ2) is 11.9. The Balaban J connectivity index is 1.13. The van der Waals surface area contributed by atoms with Crippen molar-refractivity contribution in [1.82, 2.24) is 20.2 Å². The smallest absolute Gasteiger partial charge is 0.407 e. The number of ether oxygens (including phenoxy) is 1. The maximum atomic E-state index is 15.3. The molecular weight excluding hydrogens is 566 g/mol. The average Bonchev–Trinajstić information content (AvgIpc) is 3.82. The number of rotatable bonds is 6. The number of carbonyl (C=O) groups excluding carboxylic acids is 2. The number of benzene rings is 2. The highest BCUT2D eigenvalue weighted by Gasteiger charge is 2.47. The van der Waals surface area contributed by atoms with Gasteiger partial charge in [0.2, 0.25) is 5.91 Å². The molecule has 3 aliphatic heterocycles. The molecule has 234 valence electrons. The van der Waals surface area contributed by atoms with Crippen molar-refractivity contribution in [2.24, 2.45) is 5.92 Å². The largest absolute Gasteiger partial charge is 0.453 e. The van der Waals surface area contributed by atoms with Gasteiger partial charge in [-0.3, -0.25) is 4.79 Å². The number of aromatic nitrogens is 2. The molecule has 9 nitrogen and oxygen atoms in total. The standard InChI is InChI=1S/C33H40F2N6O3/c1-44-33(43)36-19-30(42)41-28-8-5-7-20(28)16-29(41)32-37-25-11-10-21(15-26(25)38-32)27-9-6-14-40(27)22-17-23(34)31(24(35)18-22)39-12-3-2-4-13-39/h10-11,15,17-18,20,27-29H,2-9,12-14,16,19H2,1H3,(H,36,43)(H,37,38)/t20-,27+,28-,29?/m0/s1. The molecule has 1 saturated carbocycles. The van der Waals surface area contributed by atoms with Crippen LogP contribution in [0.4, 0.5) is 25.0 Å². The topological polar surface area (TPSA) is 93.8 Å². The van der Waals surface area contributed by atoms with Crippen molar-refractivity contribution in [2.45, 2.75) is 75.9 Å². The molecule has 1 unspecified atom stereocenters. The van der Waals surface area contributed by atoms with Crippen molar-refractivity contribution in [1.29, 1.82) is 0 Å². The number of piperidine rings is 1. The highest BCUT2D eigenvalue weighted by Crippen LogP contribution is 2.47. The Morgan fingerprint density at radius 1 is 0.977 bits per heavy atom. The molecule has 4 fully saturated rings. The van der Waals surface area contributed by atoms with Gasteiger partial charge in [0.15, 0.2) is 11.6 Å². The van der Waals surface area contributed by atoms with Crippen LogP contribution in [0.25, 0.3) is 11.0 Å². The third-order valence-corrected chi connectivity index (χ3v) is 10.2. The summed E-state index contributed by atoms with van der Waals surface area (Å²) in [6.07, 6.45) is 8.14. The maximum absolute atomic E-state index is 15.3. The summed E-state index contributed by atoms with van der Waals surface area (Å²) in [5, 5.41) is 2.53. The molecule has 11 heteroatoms. The van der Waals surface area contributed by atoms with Crippen LogP contribution in [-0.4, -0.2) is 66.2 Å². The molecule has 0 spiro atoms. The number of alkyl carbamates (subject to hydrolysis) is 1. The molecule has 4 atom stereocenters. The molecule has 0 bridgehead atoms. The molecule has 1 aromatic heterocycles. The Bertz CT molecular complexity index is 1530. The van der Waals surface area contributed by atoms with Crippen LogP contribution in [0.2, 0.25) is 0 Å². The van der Waals surface area contributed by atoms with Crippen LogP contribution in [0.15, 0.2) is 30.3 Å². The lowest BCUT2D eigenvalue weighted by Gasteiger charge is -2.31. The van der Waals surface area contributed by atoms with Gasteiger partial charge in [-0.2, -0.15) is 0 Å². The van der Waals surface area contributed by atoms with Crippen molar-refractivity contribution in [3.05, 3.63) is 53.4 Å². The maximum Gasteiger partial charge on any atom is 0.407 e. The number of H-pyrrole nitrogens is 1. The quantitative estimate of drug-likeness (QED) is 0.359. The van der Waals surface area contributed by atoms with Crippen LogP contribution < -0.4 is 15.1 Å². The minimum atomic E-state index is -0.627. The van der Waals surface area contributed by atoms with Crippen LogP contribution in [0, 0.1) is 17.6 Å². The first-order valence-corrected chi connectivity index (χ1v) is 16.0. The Kier molecular flexibility index (Phi) is 7.80. The van der Waals surface area contributed by atoms with Gasteiger partial charge < -0.3 is 29.7 Å². The molecule has 3 saturated heterocycles. The van der Waals surface area contributed by atoms with Gasteiger partial charge in [0.05, 0.1) is 30.2 Å². The number of anilines is 2. The van der Waals surface area contributed by atoms with Gasteiger partial charge in [0.25, 0.3) is 0 Å². The molecule has 0 radical (unpaired) electrons. The fourth-order valence-corrected chi connectivity index (χ4v) is 8.17. The molecule has 2 amide bonds. The third-order valence-electron chi connectivity index (χ3n) is 10.2. The highest BCUT2D eigenvalue weighted by molar-refractivity contribution is 5.83. The van der Waals surface area contributed by atoms with E-state index in [4.69, 9.17) is 4.98 Å². The number of halogens is 2. The number of carbonyl (C=O) groups is 2. The zero-order valence-electron chi connectivity index (χ0n) is 25.2. The summed E-state index contributed by atoms with van der Waals surface area (Å²) in [5.74, 6) is 0.0336. The number of amides is 2. The van der Waals surface area contributed by atoms with E-state index < -0.39 is 17.7 Å². The summed E-state index contributed by atoms with van der Waals surface area (Å²) in [6.45, 7) is 1.97. The van der Waals surface area contributed by atoms with Crippen LogP contribution in [0.5, 0.6) is 0 Å². The van der Waals surface area contributed by atoms with Gasteiger partial charge in [-0.25, -0.2) is 18.6 Å². The summed E-state index contributed by atoms with van der Waals surface area (Å²) < 4.78 is 35.3. The van der Waals surface area contributed by atoms with Crippen molar-refractivity contribution in [2.75, 3.05) is 43.1 Å². The van der Waals surface area contributed by atoms with E-state index >= 15 is 8.78 Å². The van der Waals surface area contributed by atoms with Gasteiger partial charge in [0.1, 0.15) is 18.1 Å². The Morgan fingerprint density at radius 2 is 1.77 bits per heavy atom. The number of hydrogen-bond donors (Lipinski definition) is 2. The number of nitrogens with zero attached hydrogens (tertiary/aromatic N) is 4. The minimum Gasteiger partial charge on any atom is -0.453 e. The first kappa shape index (κ1) is 28.9. The number of hydrogen-bond acceptors (Lipinski definition) is 6. The number of fused-ring (bicyclic) bond motifs is 2. The third kappa shape index (κ3) is 5.24. The minimum absolute atomic E-state index is 0.0208. The summed E-state index contributed by atoms with van der Waals surface area (Å²) in [5.41, 5.74) is 3.40. The first-order valence-electron chi connectivity index (χ1n) is 16.0. The molecule has 3 aromatic rings. The second-order valence-electron chi connectivity index (χ2n) is 12.7. The molecule has 4 heterocycles. The normalized spacial score (nSPS) is 25.1. The lowest BCUT2D eigenvalue weighted by atomic mass is 10.0. The van der Waals surface area contributed by atoms with E-state index in [1.807, 2.05) is 15.9 Å². The second-order valence-corrected chi connectivity index (χ2v) is 12.7. The number of imidazole rings is 1. The van der Waals surface area contributed by atoms with Gasteiger partial charge in [0, 0.05) is 31.4 Å². The lowest BCUT2D eigenvalue weighted by molar-refractivity contribution is -0.133. The van der Waals surface area contributed by atoms with Crippen molar-refractivity contribution < 1.29 is 23.1 Å². The van der Waals surface area contributed by atoms with E-state index in [1.165, 1.54) is 19.2 Å². The molecule has 2 N–H and O–H groups in total. The van der Waals surface area contributed by atoms with Gasteiger partial charge in [-0.05, 0) is 87.1 Å². The SMILES string of the molecule is COC(=O)NCC(=O)N1C(c2nc3cc([C@H]4CCCN4c4cc(F)c(N5CCCCC5)c(F)c4)ccc3[nH]2)C[C@@H]2CCC[C@@H]21. The molecule has 1 aliphatic carbocycles. The molecular formula is C33H40F2N6O3. The van der Waals surface area contributed by atoms with Gasteiger partial charge in [-0.1, -0.05) is 12.5 Å². The summed E-state index contributed by atoms with van der Waals surface area (Å²) in [6, 6.07) is 9.06. The van der Waals surface area contributed by atoms with Crippen LogP contribution in [0.1, 0.15) is 81.3 Å². The van der Waals surface area contributed by atoms with Gasteiger partial charge in [-0.15, -0.1) is 0 Å². The lowest BCUT2D eigenvalue weighted by Crippen LogP contribution is -2.44. The monoisotopic (exact) mass is 606 g/mol. The first-order chi connectivity index (χ1) is 21.4. The molecule has 2 aromatic carbocycles. The number of likely N-dealkylation sites (tertiary alicyclic amines) is 1. The van der Waals surface area contributed by atoms with Crippen molar-refractivity contribution in [3.63, 3.8) is 0 Å². The van der Waals surface area contributed by atoms with E-state index in [-0.39, 0.29) is 36.3 Å². The summed E-state index contributed by atoms with van der Waals surface area (Å²) in [7, 11) is 1.28. The van der Waals surface area contributed by atoms with Crippen LogP contribution in [-0.2, 0) is 9.53 Å². The van der Waals surface area contributed by atoms with E-state index in [1.54, 1.807) is 0 Å². The van der Waals surface area contributed by atoms with E-state index in [0.717, 1.165) is 86.8 Å². The number of nitrogens with one attached hydrogen (secondary N) is 2. The summed E-state index contributed by atoms with van der Waals surface area (Å²) in [4.78, 5) is 39.3. The summed E-state index contributed by atoms with van der Waals surface area (Å²) >= 11 is 0. The molecule has 7 rings (SSSR count). The van der Waals surface area contributed by atoms with E-state index in [9.17, 15) is 9.59 Å². The zero-order chi connectivity index (χ0) is 30.4. The predicted molar refractivity (Wildman–Crippen MR) is 164 cm³/mol. The van der Waals surface area contributed by atoms with E-state index in [0.29, 0.717) is 24.7 Å². The van der Waals surface area contributed by atoms with Crippen LogP contribution in [0.3, 0.4) is 0 Å². The van der Waals surface area contributed by atoms with Gasteiger partial charge >= 0.3 is 6.09 Å². The Morgan fingerprint density at radius 3 is 2.55 bits per heavy atom. The van der Waals surface area contributed by atoms with Crippen molar-refractivity contribution >= 4 is 34.4 Å². The average molecular weight is 607 g/mol. The fourth-order valence-electron chi connectivity index (χ4n) is 8.17. The van der Waals surface area contributed by atoms with E-state index in [2.05, 4.69) is 32.1 Å². The predicted octanol–water partition coefficient (Wildman–Crippen LogP) is 5.97. The number of aromatic amines is 1. The van der Waals surface area contributed by atoms with Crippen LogP contribution >= 0.6 is 0 Å². The fraction of sp³-hybridized carbons (Fsp3) is 0.545. The zero-order valence-corrected chi connectivity index (χ0v) is 25.2. The Labute approximate surface area is 255 Å². The molecule has 4 aliphatic rings. The highest BCUT2D eigenvalue weighted by atomic mass is 19.1. The van der Waals surface area contributed by atoms with Crippen molar-refractivity contribution in [3.8, 4) is 0 Å². The number of methoxy groups -OCH3 is 1. The molecule has 44 heavy (non-hydrogen) atoms. The Hall–Kier alpha value is -3.89.